The van der Waals surface area contributed by atoms with Crippen molar-refractivity contribution in [2.75, 3.05) is 38.3 Å². The Labute approximate surface area is 119 Å². The Morgan fingerprint density at radius 3 is 2.75 bits per heavy atom. The Hall–Kier alpha value is -1.59. The number of hydrogen-bond donors (Lipinski definition) is 1. The van der Waals surface area contributed by atoms with Crippen LogP contribution < -0.4 is 15.0 Å². The molecule has 5 nitrogen and oxygen atoms in total. The predicted octanol–water partition coefficient (Wildman–Crippen LogP) is 1.43. The number of anilines is 1. The zero-order valence-electron chi connectivity index (χ0n) is 12.1. The molecule has 0 saturated carbocycles. The Bertz CT molecular complexity index is 427. The number of rotatable bonds is 5. The summed E-state index contributed by atoms with van der Waals surface area (Å²) in [5.41, 5.74) is 0.898. The minimum absolute atomic E-state index is 0.112. The number of ether oxygens (including phenoxy) is 2. The number of morpholine rings is 1. The minimum Gasteiger partial charge on any atom is -0.497 e. The number of nitrogens with zero attached hydrogens (tertiary/aromatic N) is 1. The highest BCUT2D eigenvalue weighted by atomic mass is 16.5. The van der Waals surface area contributed by atoms with Gasteiger partial charge in [-0.3, -0.25) is 4.79 Å². The van der Waals surface area contributed by atoms with E-state index in [9.17, 15) is 4.79 Å². The van der Waals surface area contributed by atoms with Crippen LogP contribution in [0.3, 0.4) is 0 Å². The smallest absolute Gasteiger partial charge is 0.228 e. The van der Waals surface area contributed by atoms with Crippen molar-refractivity contribution in [3.05, 3.63) is 24.3 Å². The number of methoxy groups -OCH3 is 1. The average molecular weight is 278 g/mol. The second kappa shape index (κ2) is 7.26. The number of hydrogen-bond acceptors (Lipinski definition) is 4. The van der Waals surface area contributed by atoms with Crippen LogP contribution in [-0.4, -0.2) is 45.4 Å². The van der Waals surface area contributed by atoms with E-state index in [1.54, 1.807) is 12.0 Å². The van der Waals surface area contributed by atoms with E-state index >= 15 is 0 Å². The maximum absolute atomic E-state index is 12.4. The van der Waals surface area contributed by atoms with E-state index in [0.29, 0.717) is 19.6 Å². The lowest BCUT2D eigenvalue weighted by Gasteiger charge is -2.27. The minimum atomic E-state index is 0.112. The molecule has 1 unspecified atom stereocenters. The zero-order valence-corrected chi connectivity index (χ0v) is 12.1. The van der Waals surface area contributed by atoms with Crippen LogP contribution in [0.4, 0.5) is 5.69 Å². The van der Waals surface area contributed by atoms with Crippen molar-refractivity contribution < 1.29 is 14.3 Å². The van der Waals surface area contributed by atoms with E-state index in [0.717, 1.165) is 24.6 Å². The molecule has 110 valence electrons. The van der Waals surface area contributed by atoms with E-state index in [-0.39, 0.29) is 11.9 Å². The fourth-order valence-electron chi connectivity index (χ4n) is 2.34. The Kier molecular flexibility index (Phi) is 5.38. The summed E-state index contributed by atoms with van der Waals surface area (Å²) in [6, 6.07) is 7.67. The Morgan fingerprint density at radius 1 is 1.45 bits per heavy atom. The van der Waals surface area contributed by atoms with Gasteiger partial charge in [-0.2, -0.15) is 0 Å². The van der Waals surface area contributed by atoms with Crippen molar-refractivity contribution >= 4 is 11.6 Å². The molecule has 20 heavy (non-hydrogen) atoms. The molecule has 0 spiro atoms. The molecule has 1 amide bonds. The lowest BCUT2D eigenvalue weighted by molar-refractivity contribution is -0.119. The largest absolute Gasteiger partial charge is 0.497 e. The summed E-state index contributed by atoms with van der Waals surface area (Å²) < 4.78 is 10.5. The first-order valence-corrected chi connectivity index (χ1v) is 7.00. The van der Waals surface area contributed by atoms with Crippen LogP contribution in [0.25, 0.3) is 0 Å². The van der Waals surface area contributed by atoms with Gasteiger partial charge in [0.25, 0.3) is 0 Å². The first-order chi connectivity index (χ1) is 9.74. The first-order valence-electron chi connectivity index (χ1n) is 7.00. The van der Waals surface area contributed by atoms with E-state index in [4.69, 9.17) is 9.47 Å². The van der Waals surface area contributed by atoms with Crippen LogP contribution in [-0.2, 0) is 9.53 Å². The van der Waals surface area contributed by atoms with Gasteiger partial charge in [-0.1, -0.05) is 0 Å². The number of amides is 1. The Balaban J connectivity index is 2.00. The molecule has 1 heterocycles. The van der Waals surface area contributed by atoms with E-state index in [1.165, 1.54) is 0 Å². The molecule has 0 aliphatic carbocycles. The van der Waals surface area contributed by atoms with Gasteiger partial charge in [0.15, 0.2) is 0 Å². The maximum Gasteiger partial charge on any atom is 0.228 e. The molecule has 5 heteroatoms. The molecule has 0 radical (unpaired) electrons. The molecule has 1 aromatic carbocycles. The zero-order chi connectivity index (χ0) is 14.4. The Morgan fingerprint density at radius 2 is 2.20 bits per heavy atom. The van der Waals surface area contributed by atoms with Gasteiger partial charge < -0.3 is 19.7 Å². The molecule has 2 rings (SSSR count). The highest BCUT2D eigenvalue weighted by Crippen LogP contribution is 2.20. The van der Waals surface area contributed by atoms with Crippen LogP contribution >= 0.6 is 0 Å². The molecule has 1 aliphatic rings. The fourth-order valence-corrected chi connectivity index (χ4v) is 2.34. The quantitative estimate of drug-likeness (QED) is 0.885. The standard InChI is InChI=1S/C15H22N2O3/c1-3-17(13-4-6-14(19-2)7-5-13)15(18)10-12-11-20-9-8-16-12/h4-7,12,16H,3,8-11H2,1-2H3. The van der Waals surface area contributed by atoms with Crippen LogP contribution in [0, 0.1) is 0 Å². The molecule has 1 saturated heterocycles. The third-order valence-electron chi connectivity index (χ3n) is 3.42. The van der Waals surface area contributed by atoms with Crippen LogP contribution in [0.5, 0.6) is 5.75 Å². The SMILES string of the molecule is CCN(C(=O)CC1COCCN1)c1ccc(OC)cc1. The predicted molar refractivity (Wildman–Crippen MR) is 78.2 cm³/mol. The maximum atomic E-state index is 12.4. The van der Waals surface area contributed by atoms with Crippen molar-refractivity contribution in [3.8, 4) is 5.75 Å². The number of benzene rings is 1. The molecule has 1 aromatic rings. The number of carbonyl (C=O) groups is 1. The molecule has 0 bridgehead atoms. The second-order valence-corrected chi connectivity index (χ2v) is 4.77. The van der Waals surface area contributed by atoms with Crippen molar-refractivity contribution in [3.63, 3.8) is 0 Å². The highest BCUT2D eigenvalue weighted by Gasteiger charge is 2.21. The van der Waals surface area contributed by atoms with Gasteiger partial charge in [-0.15, -0.1) is 0 Å². The van der Waals surface area contributed by atoms with Crippen LogP contribution in [0.1, 0.15) is 13.3 Å². The number of nitrogens with one attached hydrogen (secondary N) is 1. The number of carbonyl (C=O) groups excluding carboxylic acids is 1. The molecular formula is C15H22N2O3. The lowest BCUT2D eigenvalue weighted by atomic mass is 10.1. The second-order valence-electron chi connectivity index (χ2n) is 4.77. The van der Waals surface area contributed by atoms with E-state index in [1.807, 2.05) is 31.2 Å². The van der Waals surface area contributed by atoms with Gasteiger partial charge in [0.2, 0.25) is 5.91 Å². The van der Waals surface area contributed by atoms with Gasteiger partial charge >= 0.3 is 0 Å². The van der Waals surface area contributed by atoms with Crippen molar-refractivity contribution in [1.82, 2.24) is 5.32 Å². The van der Waals surface area contributed by atoms with Crippen LogP contribution in [0.2, 0.25) is 0 Å². The van der Waals surface area contributed by atoms with Crippen LogP contribution in [0.15, 0.2) is 24.3 Å². The first kappa shape index (κ1) is 14.8. The molecule has 1 N–H and O–H groups in total. The summed E-state index contributed by atoms with van der Waals surface area (Å²) in [5, 5.41) is 3.31. The third-order valence-corrected chi connectivity index (χ3v) is 3.42. The van der Waals surface area contributed by atoms with E-state index < -0.39 is 0 Å². The van der Waals surface area contributed by atoms with Gasteiger partial charge in [-0.05, 0) is 31.2 Å². The van der Waals surface area contributed by atoms with E-state index in [2.05, 4.69) is 5.32 Å². The van der Waals surface area contributed by atoms with Gasteiger partial charge in [0, 0.05) is 31.2 Å². The molecular weight excluding hydrogens is 256 g/mol. The monoisotopic (exact) mass is 278 g/mol. The topological polar surface area (TPSA) is 50.8 Å². The lowest BCUT2D eigenvalue weighted by Crippen LogP contribution is -2.45. The molecule has 1 atom stereocenters. The van der Waals surface area contributed by atoms with Crippen molar-refractivity contribution in [2.24, 2.45) is 0 Å². The molecule has 0 aromatic heterocycles. The summed E-state index contributed by atoms with van der Waals surface area (Å²) in [7, 11) is 1.63. The third kappa shape index (κ3) is 3.71. The average Bonchev–Trinajstić information content (AvgIpc) is 2.49. The normalized spacial score (nSPS) is 18.6. The summed E-state index contributed by atoms with van der Waals surface area (Å²) in [5.74, 6) is 0.903. The molecule has 1 fully saturated rings. The summed E-state index contributed by atoms with van der Waals surface area (Å²) >= 11 is 0. The highest BCUT2D eigenvalue weighted by molar-refractivity contribution is 5.93. The summed E-state index contributed by atoms with van der Waals surface area (Å²) in [4.78, 5) is 14.2. The summed E-state index contributed by atoms with van der Waals surface area (Å²) in [6.45, 7) is 4.77. The van der Waals surface area contributed by atoms with Gasteiger partial charge in [-0.25, -0.2) is 0 Å². The fraction of sp³-hybridized carbons (Fsp3) is 0.533. The van der Waals surface area contributed by atoms with Gasteiger partial charge in [0.1, 0.15) is 5.75 Å². The van der Waals surface area contributed by atoms with Gasteiger partial charge in [0.05, 0.1) is 20.3 Å². The molecule has 1 aliphatic heterocycles. The van der Waals surface area contributed by atoms with Crippen molar-refractivity contribution in [1.29, 1.82) is 0 Å². The summed E-state index contributed by atoms with van der Waals surface area (Å²) in [6.07, 6.45) is 0.458. The van der Waals surface area contributed by atoms with Crippen molar-refractivity contribution in [2.45, 2.75) is 19.4 Å².